The van der Waals surface area contributed by atoms with Gasteiger partial charge in [0, 0.05) is 68.2 Å². The van der Waals surface area contributed by atoms with Gasteiger partial charge in [0.15, 0.2) is 0 Å². The van der Waals surface area contributed by atoms with Gasteiger partial charge in [-0.25, -0.2) is 0 Å². The van der Waals surface area contributed by atoms with Crippen molar-refractivity contribution in [3.8, 4) is 0 Å². The first-order valence-corrected chi connectivity index (χ1v) is 26.9. The third-order valence-electron chi connectivity index (χ3n) is 15.7. The molecule has 2 aliphatic heterocycles. The van der Waals surface area contributed by atoms with Crippen molar-refractivity contribution in [2.45, 2.75) is 5.41 Å². The van der Waals surface area contributed by atoms with Crippen LogP contribution in [0.4, 0.5) is 68.2 Å². The summed E-state index contributed by atoms with van der Waals surface area (Å²) in [4.78, 5) is 9.86. The monoisotopic (exact) mass is 996 g/mol. The Bertz CT molecular complexity index is 3640. The third-order valence-corrected chi connectivity index (χ3v) is 15.7. The van der Waals surface area contributed by atoms with Crippen molar-refractivity contribution in [1.29, 1.82) is 0 Å². The highest BCUT2D eigenvalue weighted by molar-refractivity contribution is 7.00. The molecule has 2 heterocycles. The Morgan fingerprint density at radius 1 is 0.244 bits per heavy atom. The SMILES string of the molecule is c1ccc(N(c2ccccc2)c2ccc3c(c2)N(c2ccccc2)c2cc(C(c4ccccc4)(c4ccccc4)c4ccccc4)cc4c2B3c2ccc(N(c3ccccc3)c3ccccc3)cc2N4c2ccccc2)cc1. The molecule has 0 spiro atoms. The summed E-state index contributed by atoms with van der Waals surface area (Å²) in [5.74, 6) is 0. The van der Waals surface area contributed by atoms with Crippen LogP contribution in [0.3, 0.4) is 0 Å². The summed E-state index contributed by atoms with van der Waals surface area (Å²) >= 11 is 0. The molecule has 0 saturated heterocycles. The van der Waals surface area contributed by atoms with Gasteiger partial charge in [-0.1, -0.05) is 212 Å². The lowest BCUT2D eigenvalue weighted by molar-refractivity contribution is 0.745. The summed E-state index contributed by atoms with van der Waals surface area (Å²) in [6.45, 7) is -0.152. The average molecular weight is 997 g/mol. The molecule has 4 nitrogen and oxygen atoms in total. The lowest BCUT2D eigenvalue weighted by atomic mass is 9.33. The fourth-order valence-electron chi connectivity index (χ4n) is 12.4. The highest BCUT2D eigenvalue weighted by Crippen LogP contribution is 2.52. The lowest BCUT2D eigenvalue weighted by Gasteiger charge is -2.46. The number of hydrogen-bond donors (Lipinski definition) is 0. The number of rotatable bonds is 12. The second-order valence-corrected chi connectivity index (χ2v) is 20.1. The van der Waals surface area contributed by atoms with Crippen molar-refractivity contribution in [2.75, 3.05) is 19.6 Å². The highest BCUT2D eigenvalue weighted by Gasteiger charge is 2.47. The fourth-order valence-corrected chi connectivity index (χ4v) is 12.4. The Morgan fingerprint density at radius 2 is 0.526 bits per heavy atom. The zero-order valence-electron chi connectivity index (χ0n) is 43.0. The number of hydrogen-bond acceptors (Lipinski definition) is 4. The number of benzene rings is 12. The van der Waals surface area contributed by atoms with Crippen LogP contribution in [-0.4, -0.2) is 6.71 Å². The Morgan fingerprint density at radius 3 is 0.833 bits per heavy atom. The molecular weight excluding hydrogens is 944 g/mol. The minimum absolute atomic E-state index is 0.152. The van der Waals surface area contributed by atoms with Gasteiger partial charge in [-0.2, -0.15) is 0 Å². The maximum absolute atomic E-state index is 2.55. The van der Waals surface area contributed by atoms with Crippen molar-refractivity contribution >= 4 is 91.3 Å². The van der Waals surface area contributed by atoms with Crippen LogP contribution in [-0.2, 0) is 5.41 Å². The standard InChI is InChI=1S/C73H53BN4/c1-10-28-54(29-11-1)73(55-30-12-2-13-31-55,56-32-14-3-15-33-56)57-50-70-72-71(51-57)78(63-44-26-9-27-45-63)69-53-65(76(60-38-20-6-21-39-60)61-40-22-7-23-41-61)47-49-67(69)74(72)66-48-46-64(52-68(66)77(70)62-42-24-8-25-43-62)75(58-34-16-4-17-35-58)59-36-18-5-19-37-59/h1-53H. The Kier molecular flexibility index (Phi) is 11.8. The highest BCUT2D eigenvalue weighted by atomic mass is 15.2. The van der Waals surface area contributed by atoms with Crippen molar-refractivity contribution in [3.63, 3.8) is 0 Å². The maximum atomic E-state index is 2.55. The molecule has 0 aliphatic carbocycles. The zero-order valence-corrected chi connectivity index (χ0v) is 43.0. The van der Waals surface area contributed by atoms with Crippen molar-refractivity contribution < 1.29 is 0 Å². The first-order valence-electron chi connectivity index (χ1n) is 26.9. The van der Waals surface area contributed by atoms with Crippen LogP contribution >= 0.6 is 0 Å². The van der Waals surface area contributed by atoms with E-state index in [0.717, 1.165) is 73.8 Å². The lowest BCUT2D eigenvalue weighted by Crippen LogP contribution is -2.61. The number of anilines is 12. The van der Waals surface area contributed by atoms with Gasteiger partial charge in [0.2, 0.25) is 0 Å². The Labute approximate surface area is 457 Å². The van der Waals surface area contributed by atoms with E-state index in [4.69, 9.17) is 0 Å². The summed E-state index contributed by atoms with van der Waals surface area (Å²) in [7, 11) is 0. The molecular formula is C73H53BN4. The van der Waals surface area contributed by atoms with Gasteiger partial charge in [-0.05, 0) is 148 Å². The molecule has 12 aromatic carbocycles. The summed E-state index contributed by atoms with van der Waals surface area (Å²) in [5, 5.41) is 0. The van der Waals surface area contributed by atoms with Gasteiger partial charge < -0.3 is 19.6 Å². The minimum atomic E-state index is -0.755. The molecule has 0 bridgehead atoms. The van der Waals surface area contributed by atoms with Crippen LogP contribution in [0.2, 0.25) is 0 Å². The van der Waals surface area contributed by atoms with Crippen LogP contribution < -0.4 is 36.0 Å². The molecule has 0 radical (unpaired) electrons. The van der Waals surface area contributed by atoms with E-state index in [1.54, 1.807) is 0 Å². The van der Waals surface area contributed by atoms with E-state index in [2.05, 4.69) is 341 Å². The molecule has 0 saturated carbocycles. The smallest absolute Gasteiger partial charge is 0.252 e. The maximum Gasteiger partial charge on any atom is 0.252 e. The van der Waals surface area contributed by atoms with E-state index >= 15 is 0 Å². The van der Waals surface area contributed by atoms with Crippen molar-refractivity contribution in [1.82, 2.24) is 0 Å². The predicted molar refractivity (Wildman–Crippen MR) is 328 cm³/mol. The molecule has 368 valence electrons. The quantitative estimate of drug-likeness (QED) is 0.0893. The van der Waals surface area contributed by atoms with Gasteiger partial charge in [0.1, 0.15) is 0 Å². The van der Waals surface area contributed by atoms with Crippen LogP contribution in [0.25, 0.3) is 0 Å². The summed E-state index contributed by atoms with van der Waals surface area (Å²) in [5.41, 5.74) is 20.8. The van der Waals surface area contributed by atoms with Crippen LogP contribution in [0.15, 0.2) is 322 Å². The minimum Gasteiger partial charge on any atom is -0.311 e. The molecule has 2 aliphatic rings. The fraction of sp³-hybridized carbons (Fsp3) is 0.0137. The van der Waals surface area contributed by atoms with E-state index < -0.39 is 5.41 Å². The first kappa shape index (κ1) is 46.4. The Hall–Kier alpha value is -10.1. The van der Waals surface area contributed by atoms with Gasteiger partial charge in [-0.3, -0.25) is 0 Å². The van der Waals surface area contributed by atoms with Gasteiger partial charge >= 0.3 is 0 Å². The van der Waals surface area contributed by atoms with Crippen LogP contribution in [0.1, 0.15) is 22.3 Å². The zero-order chi connectivity index (χ0) is 51.8. The van der Waals surface area contributed by atoms with Gasteiger partial charge in [0.25, 0.3) is 6.71 Å². The number of fused-ring (bicyclic) bond motifs is 4. The molecule has 0 fully saturated rings. The van der Waals surface area contributed by atoms with Crippen molar-refractivity contribution in [2.24, 2.45) is 0 Å². The largest absolute Gasteiger partial charge is 0.311 e. The second-order valence-electron chi connectivity index (χ2n) is 20.1. The molecule has 0 atom stereocenters. The third kappa shape index (κ3) is 7.86. The van der Waals surface area contributed by atoms with E-state index in [1.165, 1.54) is 33.1 Å². The van der Waals surface area contributed by atoms with Crippen molar-refractivity contribution in [3.05, 3.63) is 344 Å². The van der Waals surface area contributed by atoms with Crippen LogP contribution in [0.5, 0.6) is 0 Å². The van der Waals surface area contributed by atoms with Crippen LogP contribution in [0, 0.1) is 0 Å². The molecule has 0 amide bonds. The molecule has 78 heavy (non-hydrogen) atoms. The topological polar surface area (TPSA) is 13.0 Å². The number of nitrogens with zero attached hydrogens (tertiary/aromatic N) is 4. The van der Waals surface area contributed by atoms with E-state index in [9.17, 15) is 0 Å². The summed E-state index contributed by atoms with van der Waals surface area (Å²) < 4.78 is 0. The predicted octanol–water partition coefficient (Wildman–Crippen LogP) is 17.1. The average Bonchev–Trinajstić information content (AvgIpc) is 3.64. The van der Waals surface area contributed by atoms with E-state index in [0.29, 0.717) is 0 Å². The molecule has 14 rings (SSSR count). The van der Waals surface area contributed by atoms with E-state index in [1.807, 2.05) is 0 Å². The molecule has 0 N–H and O–H groups in total. The molecule has 5 heteroatoms. The van der Waals surface area contributed by atoms with Gasteiger partial charge in [0.05, 0.1) is 5.41 Å². The normalized spacial score (nSPS) is 12.3. The Balaban J connectivity index is 1.12. The van der Waals surface area contributed by atoms with E-state index in [-0.39, 0.29) is 6.71 Å². The summed E-state index contributed by atoms with van der Waals surface area (Å²) in [6.07, 6.45) is 0. The molecule has 0 aromatic heterocycles. The second kappa shape index (κ2) is 19.9. The van der Waals surface area contributed by atoms with Gasteiger partial charge in [-0.15, -0.1) is 0 Å². The summed E-state index contributed by atoms with van der Waals surface area (Å²) in [6, 6.07) is 118. The number of para-hydroxylation sites is 6. The molecule has 0 unspecified atom stereocenters. The molecule has 12 aromatic rings. The first-order chi connectivity index (χ1) is 38.7.